The number of aldehydes is 1. The SMILES string of the molecule is CCCc1ccc(OCC=O)c2cccc(C(C)=O)c12. The topological polar surface area (TPSA) is 43.4 Å². The van der Waals surface area contributed by atoms with E-state index in [1.807, 2.05) is 30.3 Å². The molecule has 0 radical (unpaired) electrons. The summed E-state index contributed by atoms with van der Waals surface area (Å²) in [6.45, 7) is 3.70. The highest BCUT2D eigenvalue weighted by atomic mass is 16.5. The number of fused-ring (bicyclic) bond motifs is 1. The first-order chi connectivity index (χ1) is 9.69. The van der Waals surface area contributed by atoms with E-state index in [1.54, 1.807) is 6.92 Å². The van der Waals surface area contributed by atoms with Gasteiger partial charge in [-0.05, 0) is 30.4 Å². The third-order valence-corrected chi connectivity index (χ3v) is 3.29. The molecule has 0 saturated heterocycles. The molecule has 20 heavy (non-hydrogen) atoms. The van der Waals surface area contributed by atoms with Crippen molar-refractivity contribution < 1.29 is 14.3 Å². The maximum absolute atomic E-state index is 11.8. The molecule has 0 amide bonds. The van der Waals surface area contributed by atoms with Crippen LogP contribution in [0.2, 0.25) is 0 Å². The number of ketones is 1. The van der Waals surface area contributed by atoms with Crippen molar-refractivity contribution in [2.24, 2.45) is 0 Å². The second-order valence-corrected chi connectivity index (χ2v) is 4.73. The maximum atomic E-state index is 11.8. The second kappa shape index (κ2) is 6.33. The zero-order chi connectivity index (χ0) is 14.5. The van der Waals surface area contributed by atoms with Crippen molar-refractivity contribution in [1.29, 1.82) is 0 Å². The van der Waals surface area contributed by atoms with Crippen LogP contribution in [-0.2, 0) is 11.2 Å². The molecular weight excluding hydrogens is 252 g/mol. The lowest BCUT2D eigenvalue weighted by Gasteiger charge is -2.13. The van der Waals surface area contributed by atoms with Crippen molar-refractivity contribution in [3.8, 4) is 5.75 Å². The van der Waals surface area contributed by atoms with E-state index in [2.05, 4.69) is 6.92 Å². The third kappa shape index (κ3) is 2.72. The molecule has 0 aliphatic rings. The van der Waals surface area contributed by atoms with Gasteiger partial charge in [-0.3, -0.25) is 9.59 Å². The van der Waals surface area contributed by atoms with Gasteiger partial charge in [0, 0.05) is 10.9 Å². The minimum Gasteiger partial charge on any atom is -0.486 e. The Hall–Kier alpha value is -2.16. The van der Waals surface area contributed by atoms with Crippen LogP contribution in [0, 0.1) is 0 Å². The van der Waals surface area contributed by atoms with E-state index in [4.69, 9.17) is 4.74 Å². The minimum atomic E-state index is 0.0204. The molecule has 2 aromatic carbocycles. The summed E-state index contributed by atoms with van der Waals surface area (Å²) in [5.41, 5.74) is 1.86. The van der Waals surface area contributed by atoms with Gasteiger partial charge in [0.25, 0.3) is 0 Å². The number of aryl methyl sites for hydroxylation is 1. The molecule has 0 aliphatic heterocycles. The van der Waals surface area contributed by atoms with E-state index in [-0.39, 0.29) is 12.4 Å². The summed E-state index contributed by atoms with van der Waals surface area (Å²) >= 11 is 0. The Labute approximate surface area is 118 Å². The van der Waals surface area contributed by atoms with Crippen molar-refractivity contribution in [2.45, 2.75) is 26.7 Å². The van der Waals surface area contributed by atoms with Crippen LogP contribution in [0.1, 0.15) is 36.2 Å². The molecule has 2 rings (SSSR count). The lowest BCUT2D eigenvalue weighted by molar-refractivity contribution is -0.109. The Bertz CT molecular complexity index is 644. The van der Waals surface area contributed by atoms with Crippen molar-refractivity contribution in [3.05, 3.63) is 41.5 Å². The van der Waals surface area contributed by atoms with Gasteiger partial charge in [0.2, 0.25) is 0 Å². The van der Waals surface area contributed by atoms with Crippen LogP contribution in [0.5, 0.6) is 5.75 Å². The number of hydrogen-bond donors (Lipinski definition) is 0. The number of carbonyl (C=O) groups is 2. The number of benzene rings is 2. The third-order valence-electron chi connectivity index (χ3n) is 3.29. The standard InChI is InChI=1S/C17H18O3/c1-3-5-13-8-9-16(20-11-10-18)15-7-4-6-14(12(2)19)17(13)15/h4,6-10H,3,5,11H2,1-2H3. The van der Waals surface area contributed by atoms with Gasteiger partial charge in [-0.15, -0.1) is 0 Å². The van der Waals surface area contributed by atoms with E-state index >= 15 is 0 Å². The van der Waals surface area contributed by atoms with Crippen molar-refractivity contribution >= 4 is 22.8 Å². The molecule has 0 heterocycles. The average Bonchev–Trinajstić information content (AvgIpc) is 2.46. The molecule has 0 unspecified atom stereocenters. The molecule has 3 heteroatoms. The van der Waals surface area contributed by atoms with Crippen LogP contribution in [-0.4, -0.2) is 18.7 Å². The summed E-state index contributed by atoms with van der Waals surface area (Å²) in [5, 5.41) is 1.84. The number of hydrogen-bond acceptors (Lipinski definition) is 3. The summed E-state index contributed by atoms with van der Waals surface area (Å²) in [6.07, 6.45) is 2.64. The predicted octanol–water partition coefficient (Wildman–Crippen LogP) is 3.57. The van der Waals surface area contributed by atoms with Gasteiger partial charge in [0.1, 0.15) is 12.4 Å². The van der Waals surface area contributed by atoms with Gasteiger partial charge in [-0.1, -0.05) is 37.6 Å². The summed E-state index contributed by atoms with van der Waals surface area (Å²) in [7, 11) is 0. The van der Waals surface area contributed by atoms with Crippen LogP contribution in [0.15, 0.2) is 30.3 Å². The minimum absolute atomic E-state index is 0.0204. The number of carbonyl (C=O) groups excluding carboxylic acids is 2. The number of ether oxygens (including phenoxy) is 1. The fourth-order valence-corrected chi connectivity index (χ4v) is 2.47. The Balaban J connectivity index is 2.70. The lowest BCUT2D eigenvalue weighted by Crippen LogP contribution is -2.02. The molecule has 0 bridgehead atoms. The summed E-state index contributed by atoms with van der Waals surface area (Å²) in [6, 6.07) is 9.48. The summed E-state index contributed by atoms with van der Waals surface area (Å²) in [5.74, 6) is 0.690. The van der Waals surface area contributed by atoms with Gasteiger partial charge in [-0.2, -0.15) is 0 Å². The highest BCUT2D eigenvalue weighted by Gasteiger charge is 2.13. The van der Waals surface area contributed by atoms with Crippen LogP contribution >= 0.6 is 0 Å². The Kier molecular flexibility index (Phi) is 4.51. The van der Waals surface area contributed by atoms with Crippen LogP contribution in [0.3, 0.4) is 0 Å². The zero-order valence-corrected chi connectivity index (χ0v) is 11.8. The predicted molar refractivity (Wildman–Crippen MR) is 79.5 cm³/mol. The smallest absolute Gasteiger partial charge is 0.160 e. The summed E-state index contributed by atoms with van der Waals surface area (Å²) < 4.78 is 5.46. The fourth-order valence-electron chi connectivity index (χ4n) is 2.47. The van der Waals surface area contributed by atoms with Crippen molar-refractivity contribution in [2.75, 3.05) is 6.61 Å². The molecule has 0 fully saturated rings. The van der Waals surface area contributed by atoms with Gasteiger partial charge in [-0.25, -0.2) is 0 Å². The monoisotopic (exact) mass is 270 g/mol. The van der Waals surface area contributed by atoms with Crippen molar-refractivity contribution in [1.82, 2.24) is 0 Å². The zero-order valence-electron chi connectivity index (χ0n) is 11.8. The first-order valence-electron chi connectivity index (χ1n) is 6.81. The van der Waals surface area contributed by atoms with Gasteiger partial charge in [0.05, 0.1) is 0 Å². The largest absolute Gasteiger partial charge is 0.486 e. The van der Waals surface area contributed by atoms with Crippen molar-refractivity contribution in [3.63, 3.8) is 0 Å². The number of Topliss-reactive ketones (excluding diaryl/α,β-unsaturated/α-hetero) is 1. The molecule has 2 aromatic rings. The highest BCUT2D eigenvalue weighted by Crippen LogP contribution is 2.32. The fraction of sp³-hybridized carbons (Fsp3) is 0.294. The van der Waals surface area contributed by atoms with Crippen LogP contribution in [0.4, 0.5) is 0 Å². The molecule has 0 spiro atoms. The summed E-state index contributed by atoms with van der Waals surface area (Å²) in [4.78, 5) is 22.3. The first kappa shape index (κ1) is 14.3. The van der Waals surface area contributed by atoms with E-state index in [0.29, 0.717) is 11.3 Å². The van der Waals surface area contributed by atoms with Gasteiger partial charge >= 0.3 is 0 Å². The first-order valence-corrected chi connectivity index (χ1v) is 6.81. The molecule has 0 saturated carbocycles. The van der Waals surface area contributed by atoms with Crippen LogP contribution in [0.25, 0.3) is 10.8 Å². The Morgan fingerprint density at radius 2 is 2.05 bits per heavy atom. The Morgan fingerprint density at radius 1 is 1.25 bits per heavy atom. The van der Waals surface area contributed by atoms with Gasteiger partial charge < -0.3 is 4.74 Å². The molecule has 0 atom stereocenters. The van der Waals surface area contributed by atoms with E-state index in [1.165, 1.54) is 0 Å². The normalized spacial score (nSPS) is 10.5. The second-order valence-electron chi connectivity index (χ2n) is 4.73. The molecule has 0 aromatic heterocycles. The quantitative estimate of drug-likeness (QED) is 0.595. The van der Waals surface area contributed by atoms with Crippen LogP contribution < -0.4 is 4.74 Å². The van der Waals surface area contributed by atoms with Gasteiger partial charge in [0.15, 0.2) is 12.1 Å². The van der Waals surface area contributed by atoms with E-state index in [9.17, 15) is 9.59 Å². The van der Waals surface area contributed by atoms with E-state index in [0.717, 1.165) is 35.5 Å². The lowest BCUT2D eigenvalue weighted by atomic mass is 9.94. The average molecular weight is 270 g/mol. The highest BCUT2D eigenvalue weighted by molar-refractivity contribution is 6.09. The molecule has 104 valence electrons. The molecule has 0 aliphatic carbocycles. The van der Waals surface area contributed by atoms with E-state index < -0.39 is 0 Å². The molecule has 0 N–H and O–H groups in total. The molecule has 3 nitrogen and oxygen atoms in total. The number of rotatable bonds is 6. The maximum Gasteiger partial charge on any atom is 0.160 e. The Morgan fingerprint density at radius 3 is 2.70 bits per heavy atom. The molecular formula is C17H18O3.